The van der Waals surface area contributed by atoms with Gasteiger partial charge in [0, 0.05) is 23.7 Å². The van der Waals surface area contributed by atoms with Crippen LogP contribution in [0.25, 0.3) is 0 Å². The van der Waals surface area contributed by atoms with Crippen molar-refractivity contribution in [3.05, 3.63) is 23.2 Å². The van der Waals surface area contributed by atoms with Gasteiger partial charge in [-0.25, -0.2) is 8.42 Å². The largest absolute Gasteiger partial charge is 0.478 e. The first-order valence-electron chi connectivity index (χ1n) is 8.49. The molecule has 0 radical (unpaired) electrons. The van der Waals surface area contributed by atoms with Crippen LogP contribution < -0.4 is 14.4 Å². The second kappa shape index (κ2) is 8.85. The number of nitrogens with zero attached hydrogens (tertiary/aromatic N) is 3. The summed E-state index contributed by atoms with van der Waals surface area (Å²) in [5.74, 6) is 0.804. The number of carbonyl (C=O) groups is 1. The van der Waals surface area contributed by atoms with E-state index in [0.717, 1.165) is 22.8 Å². The van der Waals surface area contributed by atoms with Crippen molar-refractivity contribution in [2.45, 2.75) is 30.2 Å². The van der Waals surface area contributed by atoms with E-state index < -0.39 is 22.0 Å². The summed E-state index contributed by atoms with van der Waals surface area (Å²) in [6.45, 7) is 2.17. The standard InChI is InChI=1S/C16H19ClN4O4S3/c1-3-8-26-16-20-19-15(27-16)18-14(22)13-6-7-21(28(2,23)24)11-9-10(17)4-5-12(11)25-13/h4-5,9,13H,3,6-8H2,1-2H3,(H,18,19,22)/t13-/m1/s1. The Morgan fingerprint density at radius 1 is 1.46 bits per heavy atom. The smallest absolute Gasteiger partial charge is 0.267 e. The molecule has 0 saturated carbocycles. The number of amides is 1. The quantitative estimate of drug-likeness (QED) is 0.519. The molecule has 12 heteroatoms. The van der Waals surface area contributed by atoms with E-state index in [-0.39, 0.29) is 18.7 Å². The molecule has 0 aliphatic carbocycles. The number of sulfonamides is 1. The second-order valence-electron chi connectivity index (χ2n) is 6.05. The minimum atomic E-state index is -3.55. The number of hydrogen-bond acceptors (Lipinski definition) is 8. The summed E-state index contributed by atoms with van der Waals surface area (Å²) in [6, 6.07) is 4.66. The zero-order chi connectivity index (χ0) is 20.3. The van der Waals surface area contributed by atoms with E-state index in [4.69, 9.17) is 16.3 Å². The first-order valence-corrected chi connectivity index (χ1v) is 12.5. The first-order chi connectivity index (χ1) is 13.3. The fourth-order valence-corrected chi connectivity index (χ4v) is 5.36. The van der Waals surface area contributed by atoms with Gasteiger partial charge in [-0.2, -0.15) is 0 Å². The Kier molecular flexibility index (Phi) is 6.69. The molecule has 2 heterocycles. The van der Waals surface area contributed by atoms with Crippen LogP contribution in [-0.2, 0) is 14.8 Å². The van der Waals surface area contributed by atoms with E-state index >= 15 is 0 Å². The van der Waals surface area contributed by atoms with Crippen molar-refractivity contribution in [1.82, 2.24) is 10.2 Å². The van der Waals surface area contributed by atoms with Crippen LogP contribution in [0.5, 0.6) is 5.75 Å². The molecule has 8 nitrogen and oxygen atoms in total. The molecule has 0 bridgehead atoms. The molecule has 152 valence electrons. The number of thioether (sulfide) groups is 1. The van der Waals surface area contributed by atoms with Crippen molar-refractivity contribution in [3.63, 3.8) is 0 Å². The predicted molar refractivity (Wildman–Crippen MR) is 112 cm³/mol. The highest BCUT2D eigenvalue weighted by atomic mass is 35.5. The number of anilines is 2. The number of carbonyl (C=O) groups excluding carboxylic acids is 1. The van der Waals surface area contributed by atoms with Gasteiger partial charge in [0.25, 0.3) is 5.91 Å². The number of nitrogens with one attached hydrogen (secondary N) is 1. The number of ether oxygens (including phenoxy) is 1. The van der Waals surface area contributed by atoms with Crippen molar-refractivity contribution in [2.24, 2.45) is 0 Å². The van der Waals surface area contributed by atoms with Crippen LogP contribution in [0.3, 0.4) is 0 Å². The monoisotopic (exact) mass is 462 g/mol. The Hall–Kier alpha value is -1.56. The van der Waals surface area contributed by atoms with Crippen LogP contribution in [0.15, 0.2) is 22.5 Å². The van der Waals surface area contributed by atoms with Crippen molar-refractivity contribution in [1.29, 1.82) is 0 Å². The van der Waals surface area contributed by atoms with Crippen molar-refractivity contribution in [2.75, 3.05) is 28.2 Å². The molecule has 0 saturated heterocycles. The number of hydrogen-bond donors (Lipinski definition) is 1. The Labute approximate surface area is 176 Å². The zero-order valence-corrected chi connectivity index (χ0v) is 18.4. The summed E-state index contributed by atoms with van der Waals surface area (Å²) in [6.07, 6.45) is 1.43. The number of benzene rings is 1. The summed E-state index contributed by atoms with van der Waals surface area (Å²) >= 11 is 8.89. The van der Waals surface area contributed by atoms with Crippen LogP contribution in [0.4, 0.5) is 10.8 Å². The molecule has 1 amide bonds. The van der Waals surface area contributed by atoms with Gasteiger partial charge in [0.05, 0.1) is 11.9 Å². The third-order valence-electron chi connectivity index (χ3n) is 3.81. The van der Waals surface area contributed by atoms with E-state index in [1.807, 2.05) is 0 Å². The SMILES string of the molecule is CCCSc1nnc(NC(=O)[C@H]2CCN(S(C)(=O)=O)c3cc(Cl)ccc3O2)s1. The Morgan fingerprint density at radius 3 is 2.96 bits per heavy atom. The van der Waals surface area contributed by atoms with Crippen molar-refractivity contribution >= 4 is 61.4 Å². The topological polar surface area (TPSA) is 101 Å². The molecular weight excluding hydrogens is 444 g/mol. The van der Waals surface area contributed by atoms with Gasteiger partial charge < -0.3 is 4.74 Å². The highest BCUT2D eigenvalue weighted by molar-refractivity contribution is 8.01. The van der Waals surface area contributed by atoms with Gasteiger partial charge in [0.2, 0.25) is 15.2 Å². The molecular formula is C16H19ClN4O4S3. The fraction of sp³-hybridized carbons (Fsp3) is 0.438. The van der Waals surface area contributed by atoms with Crippen LogP contribution >= 0.6 is 34.7 Å². The third kappa shape index (κ3) is 5.07. The molecule has 28 heavy (non-hydrogen) atoms. The molecule has 2 aromatic rings. The van der Waals surface area contributed by atoms with Gasteiger partial charge in [-0.1, -0.05) is 41.6 Å². The number of rotatable bonds is 6. The predicted octanol–water partition coefficient (Wildman–Crippen LogP) is 3.25. The van der Waals surface area contributed by atoms with Gasteiger partial charge in [0.1, 0.15) is 5.75 Å². The lowest BCUT2D eigenvalue weighted by Gasteiger charge is -2.21. The van der Waals surface area contributed by atoms with Crippen LogP contribution in [-0.4, -0.2) is 49.2 Å². The average molecular weight is 463 g/mol. The minimum Gasteiger partial charge on any atom is -0.478 e. The third-order valence-corrected chi connectivity index (χ3v) is 7.41. The van der Waals surface area contributed by atoms with E-state index in [1.165, 1.54) is 21.7 Å². The van der Waals surface area contributed by atoms with Gasteiger partial charge in [0.15, 0.2) is 10.4 Å². The summed E-state index contributed by atoms with van der Waals surface area (Å²) in [5, 5.41) is 11.5. The van der Waals surface area contributed by atoms with Gasteiger partial charge in [-0.15, -0.1) is 10.2 Å². The first kappa shape index (κ1) is 21.2. The van der Waals surface area contributed by atoms with E-state index in [0.29, 0.717) is 15.8 Å². The molecule has 1 aliphatic heterocycles. The molecule has 3 rings (SSSR count). The Bertz CT molecular complexity index is 967. The Balaban J connectivity index is 1.77. The molecule has 1 atom stereocenters. The molecule has 0 spiro atoms. The maximum atomic E-state index is 12.7. The minimum absolute atomic E-state index is 0.0952. The molecule has 0 unspecified atom stereocenters. The average Bonchev–Trinajstić information content (AvgIpc) is 2.96. The normalized spacial score (nSPS) is 16.8. The highest BCUT2D eigenvalue weighted by Gasteiger charge is 2.31. The van der Waals surface area contributed by atoms with Crippen molar-refractivity contribution < 1.29 is 17.9 Å². The van der Waals surface area contributed by atoms with Gasteiger partial charge in [-0.3, -0.25) is 14.4 Å². The van der Waals surface area contributed by atoms with Crippen molar-refractivity contribution in [3.8, 4) is 5.75 Å². The Morgan fingerprint density at radius 2 is 2.25 bits per heavy atom. The van der Waals surface area contributed by atoms with E-state index in [1.54, 1.807) is 23.9 Å². The summed E-state index contributed by atoms with van der Waals surface area (Å²) < 4.78 is 32.2. The lowest BCUT2D eigenvalue weighted by molar-refractivity contribution is -0.122. The van der Waals surface area contributed by atoms with E-state index in [9.17, 15) is 13.2 Å². The molecule has 1 aliphatic rings. The zero-order valence-electron chi connectivity index (χ0n) is 15.2. The van der Waals surface area contributed by atoms with Crippen LogP contribution in [0.1, 0.15) is 19.8 Å². The summed E-state index contributed by atoms with van der Waals surface area (Å²) in [7, 11) is -3.55. The van der Waals surface area contributed by atoms with E-state index in [2.05, 4.69) is 22.4 Å². The fourth-order valence-electron chi connectivity index (χ4n) is 2.58. The summed E-state index contributed by atoms with van der Waals surface area (Å²) in [5.41, 5.74) is 0.319. The molecule has 1 aromatic heterocycles. The molecule has 0 fully saturated rings. The van der Waals surface area contributed by atoms with Gasteiger partial charge >= 0.3 is 0 Å². The number of halogens is 1. The maximum absolute atomic E-state index is 12.7. The number of aromatic nitrogens is 2. The van der Waals surface area contributed by atoms with Crippen LogP contribution in [0, 0.1) is 0 Å². The molecule has 1 N–H and O–H groups in total. The number of fused-ring (bicyclic) bond motifs is 1. The highest BCUT2D eigenvalue weighted by Crippen LogP contribution is 2.36. The lowest BCUT2D eigenvalue weighted by Crippen LogP contribution is -2.35. The van der Waals surface area contributed by atoms with Crippen LogP contribution in [0.2, 0.25) is 5.02 Å². The maximum Gasteiger partial charge on any atom is 0.267 e. The lowest BCUT2D eigenvalue weighted by atomic mass is 10.2. The molecule has 1 aromatic carbocycles. The summed E-state index contributed by atoms with van der Waals surface area (Å²) in [4.78, 5) is 12.7. The second-order valence-corrected chi connectivity index (χ2v) is 10.7. The van der Waals surface area contributed by atoms with Gasteiger partial charge in [-0.05, 0) is 24.6 Å².